The number of allylic oxidation sites excluding steroid dienone is 2. The minimum atomic E-state index is -0.0586. The molecule has 0 radical (unpaired) electrons. The lowest BCUT2D eigenvalue weighted by atomic mass is 9.68. The Morgan fingerprint density at radius 3 is 2.82 bits per heavy atom. The predicted molar refractivity (Wildman–Crippen MR) is 93.6 cm³/mol. The first-order chi connectivity index (χ1) is 10.5. The third-order valence-corrected chi connectivity index (χ3v) is 5.52. The smallest absolute Gasteiger partial charge is 0.124 e. The molecule has 3 rings (SSSR count). The van der Waals surface area contributed by atoms with Gasteiger partial charge in [0.15, 0.2) is 0 Å². The lowest BCUT2D eigenvalue weighted by Crippen LogP contribution is -2.45. The van der Waals surface area contributed by atoms with Crippen LogP contribution in [0.15, 0.2) is 29.8 Å². The number of aryl methyl sites for hydroxylation is 1. The van der Waals surface area contributed by atoms with Crippen LogP contribution in [0.3, 0.4) is 0 Å². The maximum atomic E-state index is 6.44. The van der Waals surface area contributed by atoms with Gasteiger partial charge in [-0.1, -0.05) is 43.5 Å². The summed E-state index contributed by atoms with van der Waals surface area (Å²) in [4.78, 5) is 0. The van der Waals surface area contributed by atoms with Crippen molar-refractivity contribution in [1.29, 1.82) is 0 Å². The van der Waals surface area contributed by atoms with Gasteiger partial charge in [0.2, 0.25) is 0 Å². The zero-order valence-corrected chi connectivity index (χ0v) is 14.6. The molecule has 1 nitrogen and oxygen atoms in total. The van der Waals surface area contributed by atoms with Crippen LogP contribution in [0.4, 0.5) is 0 Å². The zero-order valence-electron chi connectivity index (χ0n) is 14.6. The molecule has 0 N–H and O–H groups in total. The molecule has 1 heterocycles. The third-order valence-electron chi connectivity index (χ3n) is 5.52. The minimum Gasteiger partial charge on any atom is -0.487 e. The van der Waals surface area contributed by atoms with Crippen molar-refractivity contribution < 1.29 is 4.74 Å². The van der Waals surface area contributed by atoms with Gasteiger partial charge in [0.05, 0.1) is 0 Å². The fraction of sp³-hybridized carbons (Fsp3) is 0.619. The highest BCUT2D eigenvalue weighted by Gasteiger charge is 2.43. The molecule has 1 aromatic rings. The Balaban J connectivity index is 1.91. The van der Waals surface area contributed by atoms with Gasteiger partial charge in [-0.25, -0.2) is 0 Å². The van der Waals surface area contributed by atoms with Gasteiger partial charge in [0, 0.05) is 17.4 Å². The van der Waals surface area contributed by atoms with Crippen LogP contribution in [-0.4, -0.2) is 5.60 Å². The van der Waals surface area contributed by atoms with Gasteiger partial charge < -0.3 is 4.74 Å². The molecule has 0 spiro atoms. The molecule has 120 valence electrons. The quantitative estimate of drug-likeness (QED) is 0.487. The van der Waals surface area contributed by atoms with Crippen molar-refractivity contribution in [2.24, 2.45) is 5.92 Å². The highest BCUT2D eigenvalue weighted by Crippen LogP contribution is 2.50. The van der Waals surface area contributed by atoms with Crippen molar-refractivity contribution in [3.8, 4) is 5.75 Å². The molecule has 1 aliphatic heterocycles. The van der Waals surface area contributed by atoms with E-state index in [9.17, 15) is 0 Å². The number of benzene rings is 1. The van der Waals surface area contributed by atoms with Crippen LogP contribution in [0.1, 0.15) is 76.8 Å². The van der Waals surface area contributed by atoms with Gasteiger partial charge in [0.1, 0.15) is 11.4 Å². The van der Waals surface area contributed by atoms with Gasteiger partial charge in [-0.2, -0.15) is 0 Å². The minimum absolute atomic E-state index is 0.0586. The summed E-state index contributed by atoms with van der Waals surface area (Å²) in [6.45, 7) is 9.07. The van der Waals surface area contributed by atoms with Crippen LogP contribution < -0.4 is 4.74 Å². The zero-order chi connectivity index (χ0) is 15.7. The van der Waals surface area contributed by atoms with Crippen molar-refractivity contribution in [2.75, 3.05) is 0 Å². The molecule has 22 heavy (non-hydrogen) atoms. The second-order valence-electron chi connectivity index (χ2n) is 7.72. The first kappa shape index (κ1) is 15.6. The van der Waals surface area contributed by atoms with E-state index in [2.05, 4.69) is 52.0 Å². The summed E-state index contributed by atoms with van der Waals surface area (Å²) < 4.78 is 6.44. The summed E-state index contributed by atoms with van der Waals surface area (Å²) in [5.74, 6) is 2.28. The molecule has 1 aliphatic carbocycles. The van der Waals surface area contributed by atoms with E-state index in [1.807, 2.05) is 0 Å². The highest BCUT2D eigenvalue weighted by molar-refractivity contribution is 5.46. The molecule has 0 saturated heterocycles. The largest absolute Gasteiger partial charge is 0.487 e. The second-order valence-corrected chi connectivity index (χ2v) is 7.72. The van der Waals surface area contributed by atoms with Crippen LogP contribution in [-0.2, 0) is 6.42 Å². The monoisotopic (exact) mass is 298 g/mol. The number of ether oxygens (including phenoxy) is 1. The Morgan fingerprint density at radius 1 is 1.23 bits per heavy atom. The van der Waals surface area contributed by atoms with E-state index < -0.39 is 0 Å². The van der Waals surface area contributed by atoms with Crippen molar-refractivity contribution in [3.05, 3.63) is 41.0 Å². The van der Waals surface area contributed by atoms with Gasteiger partial charge >= 0.3 is 0 Å². The number of hydrogen-bond acceptors (Lipinski definition) is 1. The molecular formula is C21H30O. The average molecular weight is 298 g/mol. The summed E-state index contributed by atoms with van der Waals surface area (Å²) in [7, 11) is 0. The maximum absolute atomic E-state index is 6.44. The van der Waals surface area contributed by atoms with E-state index in [0.29, 0.717) is 11.8 Å². The summed E-state index contributed by atoms with van der Waals surface area (Å²) in [6.07, 6.45) is 10.0. The number of rotatable bonds is 4. The molecule has 0 fully saturated rings. The molecule has 0 bridgehead atoms. The Morgan fingerprint density at radius 2 is 2.05 bits per heavy atom. The molecule has 0 aromatic heterocycles. The van der Waals surface area contributed by atoms with E-state index >= 15 is 0 Å². The fourth-order valence-corrected chi connectivity index (χ4v) is 4.19. The van der Waals surface area contributed by atoms with E-state index in [-0.39, 0.29) is 5.60 Å². The molecular weight excluding hydrogens is 268 g/mol. The maximum Gasteiger partial charge on any atom is 0.124 e. The van der Waals surface area contributed by atoms with Gasteiger partial charge in [-0.15, -0.1) is 0 Å². The van der Waals surface area contributed by atoms with Crippen LogP contribution in [0, 0.1) is 5.92 Å². The van der Waals surface area contributed by atoms with E-state index in [0.717, 1.165) is 5.75 Å². The third kappa shape index (κ3) is 2.95. The molecule has 2 atom stereocenters. The number of unbranched alkanes of at least 4 members (excludes halogenated alkanes) is 2. The van der Waals surface area contributed by atoms with Crippen LogP contribution in [0.25, 0.3) is 0 Å². The standard InChI is InChI=1S/C21H30O/c1-5-6-7-8-16-10-11-17-18-13-15(2)9-12-19(18)21(3,4)22-20(17)14-16/h10-11,13-14,18-19H,5-9,12H2,1-4H3/t18-,19+/m0/s1. The first-order valence-electron chi connectivity index (χ1n) is 9.00. The topological polar surface area (TPSA) is 9.23 Å². The van der Waals surface area contributed by atoms with Crippen LogP contribution in [0.2, 0.25) is 0 Å². The molecule has 1 heteroatoms. The molecule has 2 aliphatic rings. The van der Waals surface area contributed by atoms with Gasteiger partial charge in [0.25, 0.3) is 0 Å². The van der Waals surface area contributed by atoms with Crippen LogP contribution >= 0.6 is 0 Å². The van der Waals surface area contributed by atoms with Gasteiger partial charge in [-0.3, -0.25) is 0 Å². The van der Waals surface area contributed by atoms with Gasteiger partial charge in [-0.05, 0) is 58.1 Å². The van der Waals surface area contributed by atoms with Crippen molar-refractivity contribution in [2.45, 2.75) is 77.7 Å². The second kappa shape index (κ2) is 6.10. The lowest BCUT2D eigenvalue weighted by Gasteiger charge is -2.46. The molecule has 0 amide bonds. The fourth-order valence-electron chi connectivity index (χ4n) is 4.19. The summed E-state index contributed by atoms with van der Waals surface area (Å²) in [6, 6.07) is 6.96. The van der Waals surface area contributed by atoms with E-state index in [4.69, 9.17) is 4.74 Å². The van der Waals surface area contributed by atoms with Crippen LogP contribution in [0.5, 0.6) is 5.75 Å². The van der Waals surface area contributed by atoms with Crippen molar-refractivity contribution >= 4 is 0 Å². The highest BCUT2D eigenvalue weighted by atomic mass is 16.5. The van der Waals surface area contributed by atoms with E-state index in [1.54, 1.807) is 0 Å². The Bertz CT molecular complexity index is 567. The Kier molecular flexibility index (Phi) is 4.34. The summed E-state index contributed by atoms with van der Waals surface area (Å²) >= 11 is 0. The lowest BCUT2D eigenvalue weighted by molar-refractivity contribution is 0.0116. The molecule has 1 aromatic carbocycles. The predicted octanol–water partition coefficient (Wildman–Crippen LogP) is 6.03. The Hall–Kier alpha value is -1.24. The summed E-state index contributed by atoms with van der Waals surface area (Å²) in [5.41, 5.74) is 4.31. The average Bonchev–Trinajstić information content (AvgIpc) is 2.46. The normalized spacial score (nSPS) is 25.7. The molecule has 0 saturated carbocycles. The van der Waals surface area contributed by atoms with E-state index in [1.165, 1.54) is 55.2 Å². The van der Waals surface area contributed by atoms with Crippen molar-refractivity contribution in [3.63, 3.8) is 0 Å². The Labute approximate surface area is 135 Å². The number of fused-ring (bicyclic) bond motifs is 3. The van der Waals surface area contributed by atoms with Crippen molar-refractivity contribution in [1.82, 2.24) is 0 Å². The SMILES string of the molecule is CCCCCc1ccc2c(c1)OC(C)(C)[C@@H]1CCC(C)=C[C@@H]21. The molecule has 0 unspecified atom stereocenters. The summed E-state index contributed by atoms with van der Waals surface area (Å²) in [5, 5.41) is 0. The first-order valence-corrected chi connectivity index (χ1v) is 9.00. The number of hydrogen-bond donors (Lipinski definition) is 0.